The van der Waals surface area contributed by atoms with Gasteiger partial charge in [-0.25, -0.2) is 0 Å². The van der Waals surface area contributed by atoms with Crippen LogP contribution in [0.15, 0.2) is 59.6 Å². The molecule has 0 spiro atoms. The zero-order chi connectivity index (χ0) is 19.8. The maximum Gasteiger partial charge on any atom is 0.191 e. The highest BCUT2D eigenvalue weighted by molar-refractivity contribution is 6.30. The highest BCUT2D eigenvalue weighted by Crippen LogP contribution is 2.21. The molecule has 0 radical (unpaired) electrons. The van der Waals surface area contributed by atoms with Crippen LogP contribution in [-0.4, -0.2) is 45.8 Å². The molecule has 1 saturated heterocycles. The Morgan fingerprint density at radius 3 is 2.57 bits per heavy atom. The zero-order valence-electron chi connectivity index (χ0n) is 16.6. The third-order valence-corrected chi connectivity index (χ3v) is 5.38. The van der Waals surface area contributed by atoms with Crippen LogP contribution in [0.3, 0.4) is 0 Å². The van der Waals surface area contributed by atoms with Gasteiger partial charge in [0.2, 0.25) is 0 Å². The summed E-state index contributed by atoms with van der Waals surface area (Å²) in [4.78, 5) is 6.81. The second kappa shape index (κ2) is 10.3. The molecular formula is C22H29ClN4O. The molecule has 1 aliphatic heterocycles. The van der Waals surface area contributed by atoms with Crippen molar-refractivity contribution in [2.75, 3.05) is 38.7 Å². The molecule has 0 bridgehead atoms. The Labute approximate surface area is 172 Å². The number of nitrogens with zero attached hydrogens (tertiary/aromatic N) is 2. The number of aliphatic imine (C=N–C) groups is 1. The number of para-hydroxylation sites is 1. The van der Waals surface area contributed by atoms with E-state index in [1.807, 2.05) is 24.3 Å². The molecule has 2 aromatic rings. The first-order chi connectivity index (χ1) is 13.7. The van der Waals surface area contributed by atoms with Crippen LogP contribution in [0.5, 0.6) is 0 Å². The van der Waals surface area contributed by atoms with Crippen molar-refractivity contribution in [2.45, 2.75) is 25.0 Å². The average Bonchev–Trinajstić information content (AvgIpc) is 2.74. The summed E-state index contributed by atoms with van der Waals surface area (Å²) in [5.41, 5.74) is 2.35. The van der Waals surface area contributed by atoms with Gasteiger partial charge >= 0.3 is 0 Å². The lowest BCUT2D eigenvalue weighted by Gasteiger charge is -2.34. The molecule has 2 aromatic carbocycles. The van der Waals surface area contributed by atoms with Crippen LogP contribution in [-0.2, 0) is 4.74 Å². The van der Waals surface area contributed by atoms with E-state index in [1.165, 1.54) is 5.69 Å². The minimum atomic E-state index is -0.0859. The van der Waals surface area contributed by atoms with E-state index in [1.54, 1.807) is 14.2 Å². The molecule has 6 heteroatoms. The molecular weight excluding hydrogens is 372 g/mol. The number of ether oxygens (including phenoxy) is 1. The van der Waals surface area contributed by atoms with Gasteiger partial charge in [0.1, 0.15) is 0 Å². The number of rotatable bonds is 6. The van der Waals surface area contributed by atoms with Gasteiger partial charge in [-0.05, 0) is 42.7 Å². The normalized spacial score (nSPS) is 16.7. The van der Waals surface area contributed by atoms with Crippen LogP contribution in [0.1, 0.15) is 24.5 Å². The van der Waals surface area contributed by atoms with E-state index in [4.69, 9.17) is 16.3 Å². The molecule has 3 rings (SSSR count). The molecule has 1 heterocycles. The lowest BCUT2D eigenvalue weighted by atomic mass is 10.0. The Morgan fingerprint density at radius 2 is 1.93 bits per heavy atom. The molecule has 1 atom stereocenters. The molecule has 150 valence electrons. The summed E-state index contributed by atoms with van der Waals surface area (Å²) in [6, 6.07) is 18.8. The van der Waals surface area contributed by atoms with Crippen LogP contribution >= 0.6 is 11.6 Å². The molecule has 0 amide bonds. The molecule has 28 heavy (non-hydrogen) atoms. The minimum Gasteiger partial charge on any atom is -0.375 e. The van der Waals surface area contributed by atoms with Gasteiger partial charge in [0.15, 0.2) is 5.96 Å². The maximum atomic E-state index is 6.10. The number of nitrogens with one attached hydrogen (secondary N) is 2. The molecule has 2 N–H and O–H groups in total. The van der Waals surface area contributed by atoms with E-state index in [9.17, 15) is 0 Å². The number of hydrogen-bond donors (Lipinski definition) is 2. The lowest BCUT2D eigenvalue weighted by molar-refractivity contribution is 0.106. The Hall–Kier alpha value is -2.24. The van der Waals surface area contributed by atoms with E-state index in [2.05, 4.69) is 50.9 Å². The summed E-state index contributed by atoms with van der Waals surface area (Å²) >= 11 is 6.10. The van der Waals surface area contributed by atoms with Crippen molar-refractivity contribution in [2.24, 2.45) is 4.99 Å². The summed E-state index contributed by atoms with van der Waals surface area (Å²) in [5.74, 6) is 0.808. The summed E-state index contributed by atoms with van der Waals surface area (Å²) in [6.45, 7) is 2.71. The quantitative estimate of drug-likeness (QED) is 0.571. The Morgan fingerprint density at radius 1 is 1.18 bits per heavy atom. The van der Waals surface area contributed by atoms with Crippen LogP contribution in [0.25, 0.3) is 0 Å². The number of methoxy groups -OCH3 is 1. The highest BCUT2D eigenvalue weighted by Gasteiger charge is 2.20. The zero-order valence-corrected chi connectivity index (χ0v) is 17.3. The van der Waals surface area contributed by atoms with E-state index in [0.29, 0.717) is 17.6 Å². The van der Waals surface area contributed by atoms with Crippen molar-refractivity contribution in [3.8, 4) is 0 Å². The lowest BCUT2D eigenvalue weighted by Crippen LogP contribution is -2.49. The van der Waals surface area contributed by atoms with E-state index < -0.39 is 0 Å². The highest BCUT2D eigenvalue weighted by atomic mass is 35.5. The van der Waals surface area contributed by atoms with E-state index >= 15 is 0 Å². The van der Waals surface area contributed by atoms with Crippen LogP contribution in [0.2, 0.25) is 5.02 Å². The number of piperidine rings is 1. The number of benzene rings is 2. The predicted molar refractivity (Wildman–Crippen MR) is 117 cm³/mol. The second-order valence-electron chi connectivity index (χ2n) is 6.97. The largest absolute Gasteiger partial charge is 0.375 e. The van der Waals surface area contributed by atoms with E-state index in [0.717, 1.165) is 37.5 Å². The van der Waals surface area contributed by atoms with Gasteiger partial charge in [0, 0.05) is 50.5 Å². The van der Waals surface area contributed by atoms with Gasteiger partial charge in [0.05, 0.1) is 6.10 Å². The molecule has 1 fully saturated rings. The monoisotopic (exact) mass is 400 g/mol. The molecule has 0 aliphatic carbocycles. The second-order valence-corrected chi connectivity index (χ2v) is 7.41. The smallest absolute Gasteiger partial charge is 0.191 e. The molecule has 5 nitrogen and oxygen atoms in total. The fourth-order valence-electron chi connectivity index (χ4n) is 3.54. The van der Waals surface area contributed by atoms with Crippen molar-refractivity contribution in [1.82, 2.24) is 10.6 Å². The van der Waals surface area contributed by atoms with Crippen molar-refractivity contribution in [3.05, 3.63) is 65.2 Å². The van der Waals surface area contributed by atoms with E-state index in [-0.39, 0.29) is 6.10 Å². The van der Waals surface area contributed by atoms with Crippen LogP contribution < -0.4 is 15.5 Å². The first-order valence-corrected chi connectivity index (χ1v) is 10.1. The van der Waals surface area contributed by atoms with Crippen molar-refractivity contribution >= 4 is 23.2 Å². The van der Waals surface area contributed by atoms with Gasteiger partial charge in [-0.15, -0.1) is 0 Å². The summed E-state index contributed by atoms with van der Waals surface area (Å²) in [6.07, 6.45) is 2.08. The van der Waals surface area contributed by atoms with Crippen LogP contribution in [0, 0.1) is 0 Å². The molecule has 0 saturated carbocycles. The van der Waals surface area contributed by atoms with Gasteiger partial charge in [-0.3, -0.25) is 4.99 Å². The first-order valence-electron chi connectivity index (χ1n) is 9.75. The Kier molecular flexibility index (Phi) is 7.57. The third kappa shape index (κ3) is 5.63. The standard InChI is InChI=1S/C22H29ClN4O/c1-24-22(25-16-21(28-2)17-7-6-8-18(23)15-17)26-19-11-13-27(14-12-19)20-9-4-3-5-10-20/h3-10,15,19,21H,11-14,16H2,1-2H3,(H2,24,25,26). The number of hydrogen-bond acceptors (Lipinski definition) is 3. The molecule has 1 unspecified atom stereocenters. The minimum absolute atomic E-state index is 0.0859. The van der Waals surface area contributed by atoms with Gasteiger partial charge in [0.25, 0.3) is 0 Å². The average molecular weight is 401 g/mol. The Balaban J connectivity index is 1.48. The summed E-state index contributed by atoms with van der Waals surface area (Å²) in [7, 11) is 3.51. The topological polar surface area (TPSA) is 48.9 Å². The van der Waals surface area contributed by atoms with Gasteiger partial charge < -0.3 is 20.3 Å². The van der Waals surface area contributed by atoms with Gasteiger partial charge in [-0.1, -0.05) is 41.9 Å². The number of guanidine groups is 1. The maximum absolute atomic E-state index is 6.10. The summed E-state index contributed by atoms with van der Waals surface area (Å²) in [5, 5.41) is 7.65. The van der Waals surface area contributed by atoms with Gasteiger partial charge in [-0.2, -0.15) is 0 Å². The van der Waals surface area contributed by atoms with Crippen molar-refractivity contribution < 1.29 is 4.74 Å². The predicted octanol–water partition coefficient (Wildman–Crippen LogP) is 3.86. The first kappa shape index (κ1) is 20.5. The fourth-order valence-corrected chi connectivity index (χ4v) is 3.74. The summed E-state index contributed by atoms with van der Waals surface area (Å²) < 4.78 is 5.63. The fraction of sp³-hybridized carbons (Fsp3) is 0.409. The number of halogens is 1. The molecule has 1 aliphatic rings. The van der Waals surface area contributed by atoms with Crippen molar-refractivity contribution in [1.29, 1.82) is 0 Å². The molecule has 0 aromatic heterocycles. The Bertz CT molecular complexity index is 760. The SMILES string of the molecule is CN=C(NCC(OC)c1cccc(Cl)c1)NC1CCN(c2ccccc2)CC1. The van der Waals surface area contributed by atoms with Crippen LogP contribution in [0.4, 0.5) is 5.69 Å². The third-order valence-electron chi connectivity index (χ3n) is 5.14. The van der Waals surface area contributed by atoms with Crippen molar-refractivity contribution in [3.63, 3.8) is 0 Å². The number of anilines is 1.